The zero-order chi connectivity index (χ0) is 19.7. The van der Waals surface area contributed by atoms with E-state index in [9.17, 15) is 18.0 Å². The minimum atomic E-state index is -3.99. The molecule has 2 atom stereocenters. The molecular weight excluding hydrogens is 413 g/mol. The molecule has 4 rings (SSSR count). The van der Waals surface area contributed by atoms with Gasteiger partial charge in [-0.2, -0.15) is 4.31 Å². The van der Waals surface area contributed by atoms with Crippen molar-refractivity contribution in [3.05, 3.63) is 44.3 Å². The SMILES string of the molecule is CC1(C)C2CCC1C1=C2C(=O)N(COC(=O)c2c(Cl)cccc2Cl)S1(=O)=O. The fraction of sp³-hybridized carbons (Fsp3) is 0.444. The summed E-state index contributed by atoms with van der Waals surface area (Å²) in [6, 6.07) is 4.51. The Morgan fingerprint density at radius 1 is 1.22 bits per heavy atom. The molecule has 1 aromatic carbocycles. The number of sulfonamides is 1. The van der Waals surface area contributed by atoms with Crippen LogP contribution in [0.25, 0.3) is 0 Å². The van der Waals surface area contributed by atoms with Crippen molar-refractivity contribution in [3.8, 4) is 0 Å². The molecule has 1 amide bonds. The van der Waals surface area contributed by atoms with Crippen LogP contribution < -0.4 is 0 Å². The van der Waals surface area contributed by atoms with Gasteiger partial charge in [-0.05, 0) is 36.3 Å². The van der Waals surface area contributed by atoms with Gasteiger partial charge in [0.05, 0.1) is 20.5 Å². The molecule has 9 heteroatoms. The highest BCUT2D eigenvalue weighted by Gasteiger charge is 2.63. The number of hydrogen-bond donors (Lipinski definition) is 0. The lowest BCUT2D eigenvalue weighted by Gasteiger charge is -2.29. The predicted octanol–water partition coefficient (Wildman–Crippen LogP) is 3.60. The smallest absolute Gasteiger partial charge is 0.342 e. The minimum absolute atomic E-state index is 0.0634. The van der Waals surface area contributed by atoms with Gasteiger partial charge in [-0.15, -0.1) is 0 Å². The summed E-state index contributed by atoms with van der Waals surface area (Å²) in [5.74, 6) is -1.74. The Kier molecular flexibility index (Phi) is 4.15. The van der Waals surface area contributed by atoms with Gasteiger partial charge in [0.15, 0.2) is 6.73 Å². The quantitative estimate of drug-likeness (QED) is 0.685. The molecule has 3 aliphatic rings. The molecule has 6 nitrogen and oxygen atoms in total. The second kappa shape index (κ2) is 5.96. The molecule has 1 aromatic rings. The maximum absolute atomic E-state index is 12.9. The number of fused-ring (bicyclic) bond motifs is 4. The van der Waals surface area contributed by atoms with E-state index in [-0.39, 0.29) is 37.8 Å². The molecule has 2 unspecified atom stereocenters. The van der Waals surface area contributed by atoms with Crippen LogP contribution in [0.15, 0.2) is 28.7 Å². The number of benzene rings is 1. The third kappa shape index (κ3) is 2.48. The molecule has 1 aliphatic heterocycles. The first-order valence-corrected chi connectivity index (χ1v) is 10.7. The molecule has 0 saturated heterocycles. The molecule has 1 fully saturated rings. The third-order valence-electron chi connectivity index (χ3n) is 5.98. The molecule has 2 aliphatic carbocycles. The average molecular weight is 430 g/mol. The van der Waals surface area contributed by atoms with Crippen molar-refractivity contribution in [2.45, 2.75) is 26.7 Å². The van der Waals surface area contributed by atoms with Gasteiger partial charge in [0.1, 0.15) is 0 Å². The summed E-state index contributed by atoms with van der Waals surface area (Å²) in [6.45, 7) is 3.30. The minimum Gasteiger partial charge on any atom is -0.439 e. The summed E-state index contributed by atoms with van der Waals surface area (Å²) in [5, 5.41) is 0.173. The Hall–Kier alpha value is -1.57. The Bertz CT molecular complexity index is 994. The summed E-state index contributed by atoms with van der Waals surface area (Å²) in [4.78, 5) is 25.3. The van der Waals surface area contributed by atoms with E-state index in [1.165, 1.54) is 12.1 Å². The summed E-state index contributed by atoms with van der Waals surface area (Å²) in [6.07, 6.45) is 1.53. The number of nitrogens with zero attached hydrogens (tertiary/aromatic N) is 1. The zero-order valence-electron chi connectivity index (χ0n) is 14.7. The Labute approximate surface area is 167 Å². The van der Waals surface area contributed by atoms with Crippen molar-refractivity contribution in [1.82, 2.24) is 4.31 Å². The number of amides is 1. The molecule has 0 N–H and O–H groups in total. The van der Waals surface area contributed by atoms with Crippen LogP contribution in [0.3, 0.4) is 0 Å². The first-order chi connectivity index (χ1) is 12.6. The number of carbonyl (C=O) groups excluding carboxylic acids is 2. The molecular formula is C18H17Cl2NO5S. The van der Waals surface area contributed by atoms with Crippen LogP contribution >= 0.6 is 23.2 Å². The maximum Gasteiger partial charge on any atom is 0.342 e. The Morgan fingerprint density at radius 3 is 2.41 bits per heavy atom. The highest BCUT2D eigenvalue weighted by molar-refractivity contribution is 7.94. The summed E-state index contributed by atoms with van der Waals surface area (Å²) in [5.41, 5.74) is 0.0518. The van der Waals surface area contributed by atoms with Crippen LogP contribution in [0, 0.1) is 17.3 Å². The van der Waals surface area contributed by atoms with Crippen LogP contribution in [0.1, 0.15) is 37.0 Å². The van der Waals surface area contributed by atoms with E-state index in [0.29, 0.717) is 9.88 Å². The summed E-state index contributed by atoms with van der Waals surface area (Å²) in [7, 11) is -3.99. The van der Waals surface area contributed by atoms with Crippen LogP contribution in [0.5, 0.6) is 0 Å². The predicted molar refractivity (Wildman–Crippen MR) is 99.5 cm³/mol. The Balaban J connectivity index is 1.58. The van der Waals surface area contributed by atoms with Gasteiger partial charge >= 0.3 is 5.97 Å². The van der Waals surface area contributed by atoms with Crippen LogP contribution in [0.2, 0.25) is 10.0 Å². The molecule has 27 heavy (non-hydrogen) atoms. The van der Waals surface area contributed by atoms with Crippen molar-refractivity contribution in [2.75, 3.05) is 6.73 Å². The molecule has 1 heterocycles. The largest absolute Gasteiger partial charge is 0.439 e. The van der Waals surface area contributed by atoms with Crippen LogP contribution in [-0.4, -0.2) is 31.3 Å². The van der Waals surface area contributed by atoms with Crippen molar-refractivity contribution in [3.63, 3.8) is 0 Å². The molecule has 0 radical (unpaired) electrons. The zero-order valence-corrected chi connectivity index (χ0v) is 17.0. The van der Waals surface area contributed by atoms with Gasteiger partial charge < -0.3 is 4.74 Å². The number of halogens is 2. The summed E-state index contributed by atoms with van der Waals surface area (Å²) < 4.78 is 31.6. The number of hydrogen-bond acceptors (Lipinski definition) is 5. The normalized spacial score (nSPS) is 27.3. The number of allylic oxidation sites excluding steroid dienone is 1. The van der Waals surface area contributed by atoms with Gasteiger partial charge in [0.2, 0.25) is 0 Å². The van der Waals surface area contributed by atoms with Crippen LogP contribution in [0.4, 0.5) is 0 Å². The first kappa shape index (κ1) is 18.8. The third-order valence-corrected chi connectivity index (χ3v) is 8.52. The highest BCUT2D eigenvalue weighted by Crippen LogP contribution is 2.64. The van der Waals surface area contributed by atoms with E-state index >= 15 is 0 Å². The lowest BCUT2D eigenvalue weighted by molar-refractivity contribution is -0.125. The van der Waals surface area contributed by atoms with Crippen molar-refractivity contribution < 1.29 is 22.7 Å². The molecule has 1 saturated carbocycles. The molecule has 0 aromatic heterocycles. The second-order valence-electron chi connectivity index (χ2n) is 7.60. The summed E-state index contributed by atoms with van der Waals surface area (Å²) >= 11 is 11.9. The molecule has 0 spiro atoms. The van der Waals surface area contributed by atoms with Gasteiger partial charge in [-0.3, -0.25) is 4.79 Å². The fourth-order valence-electron chi connectivity index (χ4n) is 4.61. The van der Waals surface area contributed by atoms with E-state index in [1.54, 1.807) is 6.07 Å². The van der Waals surface area contributed by atoms with Crippen molar-refractivity contribution >= 4 is 45.1 Å². The van der Waals surface area contributed by atoms with E-state index in [1.807, 2.05) is 13.8 Å². The van der Waals surface area contributed by atoms with Gasteiger partial charge in [-0.25, -0.2) is 13.2 Å². The number of esters is 1. The highest BCUT2D eigenvalue weighted by atomic mass is 35.5. The molecule has 144 valence electrons. The molecule has 2 bridgehead atoms. The number of carbonyl (C=O) groups is 2. The average Bonchev–Trinajstić information content (AvgIpc) is 3.07. The lowest BCUT2D eigenvalue weighted by atomic mass is 9.79. The number of rotatable bonds is 3. The monoisotopic (exact) mass is 429 g/mol. The lowest BCUT2D eigenvalue weighted by Crippen LogP contribution is -2.38. The van der Waals surface area contributed by atoms with E-state index < -0.39 is 28.6 Å². The van der Waals surface area contributed by atoms with Gasteiger partial charge in [0.25, 0.3) is 15.9 Å². The fourth-order valence-corrected chi connectivity index (χ4v) is 7.20. The first-order valence-electron chi connectivity index (χ1n) is 8.50. The van der Waals surface area contributed by atoms with E-state index in [2.05, 4.69) is 0 Å². The standard InChI is InChI=1S/C18H17Cl2NO5S/c1-18(2)9-6-7-10(18)15-13(9)16(22)21(27(15,24)25)8-26-17(23)14-11(19)4-3-5-12(14)20/h3-5,9-10H,6-8H2,1-2H3. The second-order valence-corrected chi connectivity index (χ2v) is 10.2. The number of ether oxygens (including phenoxy) is 1. The topological polar surface area (TPSA) is 80.8 Å². The van der Waals surface area contributed by atoms with E-state index in [4.69, 9.17) is 27.9 Å². The van der Waals surface area contributed by atoms with E-state index in [0.717, 1.165) is 12.8 Å². The van der Waals surface area contributed by atoms with Crippen LogP contribution in [-0.2, 0) is 19.6 Å². The van der Waals surface area contributed by atoms with Crippen molar-refractivity contribution in [1.29, 1.82) is 0 Å². The van der Waals surface area contributed by atoms with Crippen molar-refractivity contribution in [2.24, 2.45) is 17.3 Å². The maximum atomic E-state index is 12.9. The Morgan fingerprint density at radius 2 is 1.81 bits per heavy atom. The van der Waals surface area contributed by atoms with Gasteiger partial charge in [-0.1, -0.05) is 43.1 Å². The van der Waals surface area contributed by atoms with Gasteiger partial charge in [0, 0.05) is 11.5 Å².